The second-order valence-electron chi connectivity index (χ2n) is 4.92. The first-order chi connectivity index (χ1) is 9.66. The van der Waals surface area contributed by atoms with E-state index in [0.29, 0.717) is 6.07 Å². The fourth-order valence-electron chi connectivity index (χ4n) is 2.10. The van der Waals surface area contributed by atoms with Crippen molar-refractivity contribution in [3.8, 4) is 0 Å². The zero-order valence-electron chi connectivity index (χ0n) is 11.2. The molecule has 10 heteroatoms. The molecule has 0 spiro atoms. The number of rotatable bonds is 5. The third kappa shape index (κ3) is 4.26. The Balaban J connectivity index is 0.00000242. The minimum absolute atomic E-state index is 0. The Hall–Kier alpha value is -0.540. The van der Waals surface area contributed by atoms with Crippen LogP contribution in [0.5, 0.6) is 0 Å². The molecular weight excluding hydrogens is 364 g/mol. The SMILES string of the molecule is Cl.NCC(NS(=O)(=O)c1c(Cl)cccc1C(F)(F)F)C1CC1. The maximum absolute atomic E-state index is 13.0. The molecule has 0 bridgehead atoms. The number of hydrogen-bond donors (Lipinski definition) is 2. The van der Waals surface area contributed by atoms with E-state index in [1.165, 1.54) is 0 Å². The van der Waals surface area contributed by atoms with E-state index in [1.807, 2.05) is 0 Å². The van der Waals surface area contributed by atoms with Gasteiger partial charge >= 0.3 is 6.18 Å². The standard InChI is InChI=1S/C12H14ClF3N2O2S.ClH/c13-9-3-1-2-8(12(14,15)16)11(9)21(19,20)18-10(6-17)7-4-5-7;/h1-3,7,10,18H,4-6,17H2;1H. The topological polar surface area (TPSA) is 72.2 Å². The Labute approximate surface area is 137 Å². The number of sulfonamides is 1. The van der Waals surface area contributed by atoms with Crippen molar-refractivity contribution in [1.29, 1.82) is 0 Å². The van der Waals surface area contributed by atoms with Gasteiger partial charge in [0.05, 0.1) is 10.6 Å². The van der Waals surface area contributed by atoms with Crippen LogP contribution in [-0.4, -0.2) is 21.0 Å². The molecule has 0 radical (unpaired) electrons. The molecule has 0 saturated heterocycles. The van der Waals surface area contributed by atoms with Crippen molar-refractivity contribution in [2.75, 3.05) is 6.54 Å². The molecule has 0 heterocycles. The van der Waals surface area contributed by atoms with E-state index >= 15 is 0 Å². The quantitative estimate of drug-likeness (QED) is 0.827. The molecule has 126 valence electrons. The fourth-order valence-corrected chi connectivity index (χ4v) is 4.18. The highest BCUT2D eigenvalue weighted by Crippen LogP contribution is 2.38. The number of halogens is 5. The number of nitrogens with one attached hydrogen (secondary N) is 1. The maximum atomic E-state index is 13.0. The molecule has 1 saturated carbocycles. The summed E-state index contributed by atoms with van der Waals surface area (Å²) in [5.74, 6) is 0.0709. The van der Waals surface area contributed by atoms with E-state index in [0.717, 1.165) is 25.0 Å². The molecular formula is C12H15Cl2F3N2O2S. The van der Waals surface area contributed by atoms with Crippen LogP contribution >= 0.6 is 24.0 Å². The van der Waals surface area contributed by atoms with E-state index < -0.39 is 37.7 Å². The summed E-state index contributed by atoms with van der Waals surface area (Å²) < 4.78 is 65.7. The van der Waals surface area contributed by atoms with Gasteiger partial charge in [0.25, 0.3) is 0 Å². The van der Waals surface area contributed by atoms with E-state index in [-0.39, 0.29) is 24.9 Å². The van der Waals surface area contributed by atoms with Crippen LogP contribution in [0.4, 0.5) is 13.2 Å². The van der Waals surface area contributed by atoms with Crippen molar-refractivity contribution < 1.29 is 21.6 Å². The highest BCUT2D eigenvalue weighted by atomic mass is 35.5. The van der Waals surface area contributed by atoms with Crippen LogP contribution in [0.25, 0.3) is 0 Å². The van der Waals surface area contributed by atoms with Crippen LogP contribution in [0.3, 0.4) is 0 Å². The van der Waals surface area contributed by atoms with Gasteiger partial charge < -0.3 is 5.73 Å². The highest BCUT2D eigenvalue weighted by molar-refractivity contribution is 7.89. The first kappa shape index (κ1) is 19.5. The molecule has 0 aromatic heterocycles. The minimum atomic E-state index is -4.81. The van der Waals surface area contributed by atoms with Crippen LogP contribution in [0.2, 0.25) is 5.02 Å². The molecule has 1 unspecified atom stereocenters. The lowest BCUT2D eigenvalue weighted by molar-refractivity contribution is -0.139. The highest BCUT2D eigenvalue weighted by Gasteiger charge is 2.40. The summed E-state index contributed by atoms with van der Waals surface area (Å²) in [6.07, 6.45) is -3.20. The zero-order valence-corrected chi connectivity index (χ0v) is 13.6. The Morgan fingerprint density at radius 3 is 2.41 bits per heavy atom. The Morgan fingerprint density at radius 1 is 1.36 bits per heavy atom. The molecule has 2 rings (SSSR count). The van der Waals surface area contributed by atoms with Crippen molar-refractivity contribution in [3.63, 3.8) is 0 Å². The lowest BCUT2D eigenvalue weighted by Crippen LogP contribution is -2.42. The van der Waals surface area contributed by atoms with Gasteiger partial charge in [-0.05, 0) is 30.9 Å². The second kappa shape index (κ2) is 6.92. The molecule has 1 aliphatic carbocycles. The molecule has 1 atom stereocenters. The smallest absolute Gasteiger partial charge is 0.329 e. The van der Waals surface area contributed by atoms with Gasteiger partial charge in [0.1, 0.15) is 4.90 Å². The Morgan fingerprint density at radius 2 is 1.95 bits per heavy atom. The maximum Gasteiger partial charge on any atom is 0.417 e. The summed E-state index contributed by atoms with van der Waals surface area (Å²) in [4.78, 5) is -0.946. The van der Waals surface area contributed by atoms with Crippen LogP contribution in [0, 0.1) is 5.92 Å². The van der Waals surface area contributed by atoms with Crippen molar-refractivity contribution in [2.24, 2.45) is 11.7 Å². The normalized spacial score (nSPS) is 17.0. The minimum Gasteiger partial charge on any atom is -0.329 e. The molecule has 22 heavy (non-hydrogen) atoms. The molecule has 1 aliphatic rings. The summed E-state index contributed by atoms with van der Waals surface area (Å²) in [5.41, 5.74) is 4.20. The lowest BCUT2D eigenvalue weighted by Gasteiger charge is -2.19. The van der Waals surface area contributed by atoms with Crippen molar-refractivity contribution >= 4 is 34.0 Å². The van der Waals surface area contributed by atoms with Crippen molar-refractivity contribution in [3.05, 3.63) is 28.8 Å². The van der Waals surface area contributed by atoms with E-state index in [4.69, 9.17) is 17.3 Å². The molecule has 1 fully saturated rings. The monoisotopic (exact) mass is 378 g/mol. The van der Waals surface area contributed by atoms with Crippen molar-refractivity contribution in [1.82, 2.24) is 4.72 Å². The number of benzene rings is 1. The van der Waals surface area contributed by atoms with Crippen LogP contribution in [0.15, 0.2) is 23.1 Å². The van der Waals surface area contributed by atoms with Gasteiger partial charge in [0.2, 0.25) is 10.0 Å². The molecule has 3 N–H and O–H groups in total. The molecule has 1 aromatic carbocycles. The predicted octanol–water partition coefficient (Wildman–Crippen LogP) is 2.80. The van der Waals surface area contributed by atoms with Gasteiger partial charge in [-0.25, -0.2) is 13.1 Å². The number of hydrogen-bond acceptors (Lipinski definition) is 3. The molecule has 4 nitrogen and oxygen atoms in total. The zero-order chi connectivity index (χ0) is 15.8. The van der Waals surface area contributed by atoms with Gasteiger partial charge in [-0.3, -0.25) is 0 Å². The van der Waals surface area contributed by atoms with Gasteiger partial charge in [-0.2, -0.15) is 13.2 Å². The average molecular weight is 379 g/mol. The van der Waals surface area contributed by atoms with E-state index in [9.17, 15) is 21.6 Å². The van der Waals surface area contributed by atoms with Crippen LogP contribution in [0.1, 0.15) is 18.4 Å². The second-order valence-corrected chi connectivity index (χ2v) is 6.97. The number of alkyl halides is 3. The fraction of sp³-hybridized carbons (Fsp3) is 0.500. The molecule has 0 amide bonds. The summed E-state index contributed by atoms with van der Waals surface area (Å²) in [5, 5.41) is -0.469. The predicted molar refractivity (Wildman–Crippen MR) is 79.6 cm³/mol. The van der Waals surface area contributed by atoms with Crippen LogP contribution in [-0.2, 0) is 16.2 Å². The van der Waals surface area contributed by atoms with E-state index in [1.54, 1.807) is 0 Å². The van der Waals surface area contributed by atoms with Gasteiger partial charge in [0.15, 0.2) is 0 Å². The third-order valence-electron chi connectivity index (χ3n) is 3.29. The summed E-state index contributed by atoms with van der Waals surface area (Å²) in [7, 11) is -4.40. The van der Waals surface area contributed by atoms with Crippen LogP contribution < -0.4 is 10.5 Å². The Bertz CT molecular complexity index is 634. The van der Waals surface area contributed by atoms with E-state index in [2.05, 4.69) is 4.72 Å². The largest absolute Gasteiger partial charge is 0.417 e. The number of nitrogens with two attached hydrogens (primary N) is 1. The first-order valence-electron chi connectivity index (χ1n) is 6.25. The average Bonchev–Trinajstić information content (AvgIpc) is 3.18. The Kier molecular flexibility index (Phi) is 6.14. The first-order valence-corrected chi connectivity index (χ1v) is 8.11. The van der Waals surface area contributed by atoms with Gasteiger partial charge in [-0.1, -0.05) is 17.7 Å². The lowest BCUT2D eigenvalue weighted by atomic mass is 10.2. The third-order valence-corrected chi connectivity index (χ3v) is 5.31. The summed E-state index contributed by atoms with van der Waals surface area (Å²) in [6.45, 7) is 0.0235. The summed E-state index contributed by atoms with van der Waals surface area (Å²) in [6, 6.07) is 2.29. The van der Waals surface area contributed by atoms with Gasteiger partial charge in [0, 0.05) is 12.6 Å². The van der Waals surface area contributed by atoms with Crippen molar-refractivity contribution in [2.45, 2.75) is 30.0 Å². The molecule has 0 aliphatic heterocycles. The van der Waals surface area contributed by atoms with Gasteiger partial charge in [-0.15, -0.1) is 12.4 Å². The summed E-state index contributed by atoms with van der Waals surface area (Å²) >= 11 is 5.69. The molecule has 1 aromatic rings.